The molecule has 3 aromatic rings. The van der Waals surface area contributed by atoms with E-state index < -0.39 is 28.6 Å². The molecule has 41 heavy (non-hydrogen) atoms. The SMILES string of the molecule is C#C[C@@]1(F)CC[C@H](C(=O)N2CCC(O)(Cn3cnc(Oc4ccc(F)cc4)c(N)c3=O)CC2)[C@@H](c2ccccc2)C1. The van der Waals surface area contributed by atoms with Gasteiger partial charge in [-0.3, -0.25) is 14.2 Å². The van der Waals surface area contributed by atoms with Gasteiger partial charge in [0.25, 0.3) is 5.56 Å². The number of piperidine rings is 1. The molecule has 2 aliphatic rings. The van der Waals surface area contributed by atoms with E-state index in [1.54, 1.807) is 4.90 Å². The first-order chi connectivity index (χ1) is 19.6. The predicted octanol–water partition coefficient (Wildman–Crippen LogP) is 4.04. The average molecular weight is 563 g/mol. The molecule has 10 heteroatoms. The fraction of sp³-hybridized carbons (Fsp3) is 0.387. The van der Waals surface area contributed by atoms with Gasteiger partial charge in [-0.15, -0.1) is 6.42 Å². The third kappa shape index (κ3) is 6.10. The van der Waals surface area contributed by atoms with Crippen molar-refractivity contribution in [3.05, 3.63) is 82.7 Å². The second kappa shape index (κ2) is 11.3. The van der Waals surface area contributed by atoms with Crippen LogP contribution in [0.5, 0.6) is 11.6 Å². The molecule has 0 radical (unpaired) electrons. The molecule has 2 fully saturated rings. The van der Waals surface area contributed by atoms with Crippen LogP contribution in [0.3, 0.4) is 0 Å². The summed E-state index contributed by atoms with van der Waals surface area (Å²) in [4.78, 5) is 32.4. The zero-order chi connectivity index (χ0) is 29.2. The number of likely N-dealkylation sites (tertiary alicyclic amines) is 1. The van der Waals surface area contributed by atoms with Gasteiger partial charge in [0, 0.05) is 25.4 Å². The summed E-state index contributed by atoms with van der Waals surface area (Å²) in [5, 5.41) is 11.3. The van der Waals surface area contributed by atoms with Crippen molar-refractivity contribution < 1.29 is 23.4 Å². The number of hydrogen-bond acceptors (Lipinski definition) is 6. The van der Waals surface area contributed by atoms with E-state index in [1.165, 1.54) is 35.2 Å². The minimum atomic E-state index is -1.75. The Morgan fingerprint density at radius 1 is 1.15 bits per heavy atom. The number of nitrogens with zero attached hydrogens (tertiary/aromatic N) is 3. The molecule has 1 aliphatic heterocycles. The number of carbonyl (C=O) groups is 1. The van der Waals surface area contributed by atoms with Gasteiger partial charge in [0.2, 0.25) is 11.8 Å². The molecule has 1 saturated carbocycles. The van der Waals surface area contributed by atoms with E-state index in [-0.39, 0.29) is 74.5 Å². The Hall–Kier alpha value is -4.23. The fourth-order valence-electron chi connectivity index (χ4n) is 5.81. The van der Waals surface area contributed by atoms with E-state index in [0.29, 0.717) is 6.42 Å². The average Bonchev–Trinajstić information content (AvgIpc) is 2.98. The molecule has 2 aromatic carbocycles. The smallest absolute Gasteiger partial charge is 0.280 e. The van der Waals surface area contributed by atoms with Crippen molar-refractivity contribution >= 4 is 11.6 Å². The number of rotatable bonds is 6. The number of halogens is 2. The number of nitrogens with two attached hydrogens (primary N) is 1. The second-order valence-electron chi connectivity index (χ2n) is 11.0. The normalized spacial score (nSPS) is 23.9. The standard InChI is InChI=1S/C31H32F2N4O4/c1-2-30(33)13-12-24(25(18-30)21-6-4-3-5-7-21)28(38)36-16-14-31(40,15-17-36)19-37-20-35-27(26(34)29(37)39)41-23-10-8-22(32)9-11-23/h1,3-11,20,24-25,40H,12-19,34H2/t24-,25+,30+/m0/s1. The van der Waals surface area contributed by atoms with Gasteiger partial charge in [-0.1, -0.05) is 36.3 Å². The topological polar surface area (TPSA) is 111 Å². The number of ether oxygens (including phenoxy) is 1. The number of amides is 1. The van der Waals surface area contributed by atoms with Crippen molar-refractivity contribution in [2.24, 2.45) is 5.92 Å². The Kier molecular flexibility index (Phi) is 7.82. The molecule has 0 spiro atoms. The number of aromatic nitrogens is 2. The predicted molar refractivity (Wildman–Crippen MR) is 149 cm³/mol. The summed E-state index contributed by atoms with van der Waals surface area (Å²) in [6.45, 7) is 0.504. The van der Waals surface area contributed by atoms with Crippen LogP contribution in [0.25, 0.3) is 0 Å². The van der Waals surface area contributed by atoms with Crippen molar-refractivity contribution in [1.82, 2.24) is 14.5 Å². The monoisotopic (exact) mass is 562 g/mol. The van der Waals surface area contributed by atoms with Crippen molar-refractivity contribution in [2.75, 3.05) is 18.8 Å². The molecule has 1 amide bonds. The zero-order valence-electron chi connectivity index (χ0n) is 22.5. The van der Waals surface area contributed by atoms with E-state index >= 15 is 4.39 Å². The Balaban J connectivity index is 1.25. The number of benzene rings is 2. The van der Waals surface area contributed by atoms with Crippen molar-refractivity contribution in [3.8, 4) is 24.0 Å². The first-order valence-corrected chi connectivity index (χ1v) is 13.6. The number of hydrogen-bond donors (Lipinski definition) is 2. The molecule has 5 rings (SSSR count). The molecule has 2 heterocycles. The Labute approximate surface area is 236 Å². The van der Waals surface area contributed by atoms with Gasteiger partial charge in [0.05, 0.1) is 12.1 Å². The van der Waals surface area contributed by atoms with Gasteiger partial charge >= 0.3 is 0 Å². The van der Waals surface area contributed by atoms with Crippen LogP contribution in [-0.2, 0) is 11.3 Å². The van der Waals surface area contributed by atoms with E-state index in [0.717, 1.165) is 5.56 Å². The molecule has 8 nitrogen and oxygen atoms in total. The highest BCUT2D eigenvalue weighted by atomic mass is 19.1. The number of terminal acetylenes is 1. The van der Waals surface area contributed by atoms with Crippen LogP contribution in [0.1, 0.15) is 43.6 Å². The van der Waals surface area contributed by atoms with Crippen LogP contribution < -0.4 is 16.0 Å². The quantitative estimate of drug-likeness (QED) is 0.439. The van der Waals surface area contributed by atoms with Crippen molar-refractivity contribution in [2.45, 2.75) is 55.8 Å². The lowest BCUT2D eigenvalue weighted by molar-refractivity contribution is -0.142. The van der Waals surface area contributed by atoms with Gasteiger partial charge in [0.1, 0.15) is 17.9 Å². The maximum atomic E-state index is 15.2. The molecule has 1 aliphatic carbocycles. The maximum Gasteiger partial charge on any atom is 0.280 e. The number of nitrogen functional groups attached to an aromatic ring is 1. The summed E-state index contributed by atoms with van der Waals surface area (Å²) in [5.74, 6) is 1.17. The highest BCUT2D eigenvalue weighted by molar-refractivity contribution is 5.80. The summed E-state index contributed by atoms with van der Waals surface area (Å²) in [5.41, 5.74) is 3.02. The first-order valence-electron chi connectivity index (χ1n) is 13.6. The van der Waals surface area contributed by atoms with Gasteiger partial charge in [0.15, 0.2) is 11.4 Å². The molecule has 3 atom stereocenters. The number of anilines is 1. The van der Waals surface area contributed by atoms with Gasteiger partial charge in [-0.25, -0.2) is 13.8 Å². The second-order valence-corrected chi connectivity index (χ2v) is 11.0. The lowest BCUT2D eigenvalue weighted by atomic mass is 9.69. The third-order valence-electron chi connectivity index (χ3n) is 8.22. The molecular weight excluding hydrogens is 530 g/mol. The van der Waals surface area contributed by atoms with E-state index in [1.807, 2.05) is 30.3 Å². The lowest BCUT2D eigenvalue weighted by Crippen LogP contribution is -2.52. The highest BCUT2D eigenvalue weighted by Gasteiger charge is 2.45. The van der Waals surface area contributed by atoms with Crippen LogP contribution >= 0.6 is 0 Å². The fourth-order valence-corrected chi connectivity index (χ4v) is 5.81. The molecule has 214 valence electrons. The van der Waals surface area contributed by atoms with Crippen LogP contribution in [0.15, 0.2) is 65.7 Å². The van der Waals surface area contributed by atoms with E-state index in [4.69, 9.17) is 16.9 Å². The van der Waals surface area contributed by atoms with Crippen molar-refractivity contribution in [1.29, 1.82) is 0 Å². The van der Waals surface area contributed by atoms with Crippen LogP contribution in [0.4, 0.5) is 14.5 Å². The van der Waals surface area contributed by atoms with E-state index in [2.05, 4.69) is 10.9 Å². The summed E-state index contributed by atoms with van der Waals surface area (Å²) in [7, 11) is 0. The number of alkyl halides is 1. The largest absolute Gasteiger partial charge is 0.437 e. The zero-order valence-corrected chi connectivity index (χ0v) is 22.5. The molecule has 0 unspecified atom stereocenters. The molecule has 0 bridgehead atoms. The lowest BCUT2D eigenvalue weighted by Gasteiger charge is -2.43. The first kappa shape index (κ1) is 28.3. The third-order valence-corrected chi connectivity index (χ3v) is 8.22. The summed E-state index contributed by atoms with van der Waals surface area (Å²) < 4.78 is 35.1. The van der Waals surface area contributed by atoms with Gasteiger partial charge in [-0.2, -0.15) is 0 Å². The Bertz CT molecular complexity index is 1500. The summed E-state index contributed by atoms with van der Waals surface area (Å²) in [6.07, 6.45) is 7.76. The summed E-state index contributed by atoms with van der Waals surface area (Å²) >= 11 is 0. The molecular formula is C31H32F2N4O4. The Morgan fingerprint density at radius 2 is 1.83 bits per heavy atom. The van der Waals surface area contributed by atoms with Crippen LogP contribution in [-0.4, -0.2) is 49.8 Å². The number of carbonyl (C=O) groups excluding carboxylic acids is 1. The minimum absolute atomic E-state index is 0.0650. The van der Waals surface area contributed by atoms with Gasteiger partial charge in [-0.05, 0) is 61.4 Å². The number of aliphatic hydroxyl groups is 1. The molecule has 1 aromatic heterocycles. The molecule has 3 N–H and O–H groups in total. The van der Waals surface area contributed by atoms with E-state index in [9.17, 15) is 19.1 Å². The highest BCUT2D eigenvalue weighted by Crippen LogP contribution is 2.45. The van der Waals surface area contributed by atoms with Crippen LogP contribution in [0, 0.1) is 24.1 Å². The molecule has 1 saturated heterocycles. The summed E-state index contributed by atoms with van der Waals surface area (Å²) in [6, 6.07) is 14.6. The van der Waals surface area contributed by atoms with Crippen LogP contribution in [0.2, 0.25) is 0 Å². The van der Waals surface area contributed by atoms with Crippen molar-refractivity contribution in [3.63, 3.8) is 0 Å². The maximum absolute atomic E-state index is 15.2. The Morgan fingerprint density at radius 3 is 2.49 bits per heavy atom. The minimum Gasteiger partial charge on any atom is -0.437 e. The van der Waals surface area contributed by atoms with Gasteiger partial charge < -0.3 is 20.5 Å².